The van der Waals surface area contributed by atoms with Crippen molar-refractivity contribution >= 4 is 40.7 Å². The number of rotatable bonds is 7. The van der Waals surface area contributed by atoms with Gasteiger partial charge in [-0.15, -0.1) is 0 Å². The molecule has 0 spiro atoms. The van der Waals surface area contributed by atoms with Crippen LogP contribution in [0.3, 0.4) is 0 Å². The summed E-state index contributed by atoms with van der Waals surface area (Å²) in [5.41, 5.74) is 2.55. The van der Waals surface area contributed by atoms with Crippen molar-refractivity contribution < 1.29 is 18.8 Å². The lowest BCUT2D eigenvalue weighted by atomic mass is 10.2. The number of halogens is 1. The van der Waals surface area contributed by atoms with E-state index >= 15 is 0 Å². The maximum atomic E-state index is 12.6. The average Bonchev–Trinajstić information content (AvgIpc) is 3.38. The van der Waals surface area contributed by atoms with Gasteiger partial charge in [0.2, 0.25) is 11.8 Å². The molecule has 0 bridgehead atoms. The summed E-state index contributed by atoms with van der Waals surface area (Å²) in [6.45, 7) is 5.32. The lowest BCUT2D eigenvalue weighted by Crippen LogP contribution is -2.34. The number of nitrogens with zero attached hydrogens (tertiary/aromatic N) is 3. The summed E-state index contributed by atoms with van der Waals surface area (Å²) in [6, 6.07) is 9.23. The first-order chi connectivity index (χ1) is 15.2. The molecule has 0 saturated carbocycles. The molecule has 9 nitrogen and oxygen atoms in total. The molecule has 3 rings (SSSR count). The Hall–Kier alpha value is -3.59. The Morgan fingerprint density at radius 1 is 1.19 bits per heavy atom. The molecule has 1 aromatic carbocycles. The lowest BCUT2D eigenvalue weighted by molar-refractivity contribution is -0.119. The van der Waals surface area contributed by atoms with Crippen LogP contribution in [-0.4, -0.2) is 46.0 Å². The minimum absolute atomic E-state index is 0.151. The van der Waals surface area contributed by atoms with Crippen LogP contribution in [0.25, 0.3) is 0 Å². The number of nitrogens with one attached hydrogen (secondary N) is 2. The zero-order valence-corrected chi connectivity index (χ0v) is 18.9. The predicted molar refractivity (Wildman–Crippen MR) is 121 cm³/mol. The molecule has 3 amide bonds. The third-order valence-corrected chi connectivity index (χ3v) is 5.07. The van der Waals surface area contributed by atoms with Gasteiger partial charge in [0.05, 0.1) is 29.2 Å². The molecule has 2 N–H and O–H groups in total. The van der Waals surface area contributed by atoms with Gasteiger partial charge < -0.3 is 20.0 Å². The summed E-state index contributed by atoms with van der Waals surface area (Å²) >= 11 is 6.30. The molecule has 1 atom stereocenters. The maximum Gasteiger partial charge on any atom is 0.289 e. The van der Waals surface area contributed by atoms with Gasteiger partial charge >= 0.3 is 0 Å². The minimum Gasteiger partial charge on any atom is -0.459 e. The second-order valence-electron chi connectivity index (χ2n) is 7.42. The largest absolute Gasteiger partial charge is 0.459 e. The first-order valence-corrected chi connectivity index (χ1v) is 10.3. The van der Waals surface area contributed by atoms with Gasteiger partial charge in [0, 0.05) is 18.4 Å². The number of benzene rings is 1. The van der Waals surface area contributed by atoms with Crippen molar-refractivity contribution in [2.75, 3.05) is 24.2 Å². The van der Waals surface area contributed by atoms with Gasteiger partial charge in [-0.1, -0.05) is 11.6 Å². The maximum absolute atomic E-state index is 12.6. The number of amides is 3. The first-order valence-electron chi connectivity index (χ1n) is 9.87. The fourth-order valence-corrected chi connectivity index (χ4v) is 3.38. The van der Waals surface area contributed by atoms with E-state index in [1.54, 1.807) is 29.8 Å². The SMILES string of the molecule is Cc1cc(C)n(C(C)C(=O)Nc2ccc(NC(=O)CN(C)C(=O)c3ccco3)cc2Cl)n1. The van der Waals surface area contributed by atoms with Gasteiger partial charge in [-0.3, -0.25) is 19.1 Å². The monoisotopic (exact) mass is 457 g/mol. The Labute approximate surface area is 190 Å². The minimum atomic E-state index is -0.526. The van der Waals surface area contributed by atoms with Gasteiger partial charge in [0.1, 0.15) is 6.04 Å². The average molecular weight is 458 g/mol. The van der Waals surface area contributed by atoms with E-state index in [0.29, 0.717) is 11.4 Å². The summed E-state index contributed by atoms with van der Waals surface area (Å²) in [6.07, 6.45) is 1.39. The topological polar surface area (TPSA) is 109 Å². The Kier molecular flexibility index (Phi) is 6.99. The third-order valence-electron chi connectivity index (χ3n) is 4.76. The molecule has 2 aromatic heterocycles. The molecule has 0 fully saturated rings. The second-order valence-corrected chi connectivity index (χ2v) is 7.83. The molecule has 10 heteroatoms. The summed E-state index contributed by atoms with van der Waals surface area (Å²) in [5.74, 6) is -0.928. The first kappa shape index (κ1) is 23.1. The zero-order valence-electron chi connectivity index (χ0n) is 18.2. The summed E-state index contributed by atoms with van der Waals surface area (Å²) in [7, 11) is 1.50. The van der Waals surface area contributed by atoms with Gasteiger partial charge in [-0.2, -0.15) is 5.10 Å². The van der Waals surface area contributed by atoms with Crippen molar-refractivity contribution in [2.24, 2.45) is 0 Å². The van der Waals surface area contributed by atoms with Crippen LogP contribution in [0.2, 0.25) is 5.02 Å². The van der Waals surface area contributed by atoms with E-state index in [9.17, 15) is 14.4 Å². The fourth-order valence-electron chi connectivity index (χ4n) is 3.16. The quantitative estimate of drug-likeness (QED) is 0.562. The second kappa shape index (κ2) is 9.69. The van der Waals surface area contributed by atoms with Crippen molar-refractivity contribution in [3.05, 3.63) is 64.8 Å². The molecule has 0 radical (unpaired) electrons. The highest BCUT2D eigenvalue weighted by Crippen LogP contribution is 2.26. The number of hydrogen-bond donors (Lipinski definition) is 2. The molecule has 168 valence electrons. The van der Waals surface area contributed by atoms with Crippen molar-refractivity contribution in [1.29, 1.82) is 0 Å². The van der Waals surface area contributed by atoms with E-state index < -0.39 is 17.9 Å². The molecule has 0 aliphatic carbocycles. The Morgan fingerprint density at radius 2 is 1.94 bits per heavy atom. The van der Waals surface area contributed by atoms with Crippen LogP contribution < -0.4 is 10.6 Å². The number of likely N-dealkylation sites (N-methyl/N-ethyl adjacent to an activating group) is 1. The summed E-state index contributed by atoms with van der Waals surface area (Å²) in [4.78, 5) is 38.3. The Balaban J connectivity index is 1.59. The van der Waals surface area contributed by atoms with Crippen molar-refractivity contribution in [2.45, 2.75) is 26.8 Å². The Bertz CT molecular complexity index is 1140. The van der Waals surface area contributed by atoms with E-state index in [2.05, 4.69) is 15.7 Å². The van der Waals surface area contributed by atoms with Crippen LogP contribution in [0.1, 0.15) is 34.9 Å². The van der Waals surface area contributed by atoms with E-state index in [0.717, 1.165) is 11.4 Å². The van der Waals surface area contributed by atoms with Crippen LogP contribution in [-0.2, 0) is 9.59 Å². The molecule has 0 aliphatic heterocycles. The van der Waals surface area contributed by atoms with Gasteiger partial charge in [-0.25, -0.2) is 0 Å². The molecule has 3 aromatic rings. The van der Waals surface area contributed by atoms with Crippen LogP contribution in [0.4, 0.5) is 11.4 Å². The van der Waals surface area contributed by atoms with Crippen molar-refractivity contribution in [3.63, 3.8) is 0 Å². The van der Waals surface area contributed by atoms with Crippen molar-refractivity contribution in [3.8, 4) is 0 Å². The molecule has 0 aliphatic rings. The number of aryl methyl sites for hydroxylation is 2. The number of carbonyl (C=O) groups is 3. The van der Waals surface area contributed by atoms with Crippen LogP contribution >= 0.6 is 11.6 Å². The lowest BCUT2D eigenvalue weighted by Gasteiger charge is -2.17. The predicted octanol–water partition coefficient (Wildman–Crippen LogP) is 3.66. The number of aromatic nitrogens is 2. The highest BCUT2D eigenvalue weighted by Gasteiger charge is 2.20. The summed E-state index contributed by atoms with van der Waals surface area (Å²) in [5, 5.41) is 10.1. The standard InChI is InChI=1S/C22H24ClN5O4/c1-13-10-14(2)28(26-13)15(3)21(30)25-18-8-7-16(11-17(18)23)24-20(29)12-27(4)22(31)19-6-5-9-32-19/h5-11,15H,12H2,1-4H3,(H,24,29)(H,25,30). The highest BCUT2D eigenvalue weighted by atomic mass is 35.5. The number of hydrogen-bond acceptors (Lipinski definition) is 5. The van der Waals surface area contributed by atoms with E-state index in [1.165, 1.54) is 30.3 Å². The third kappa shape index (κ3) is 5.36. The molecule has 2 heterocycles. The summed E-state index contributed by atoms with van der Waals surface area (Å²) < 4.78 is 6.70. The van der Waals surface area contributed by atoms with Gasteiger partial charge in [0.15, 0.2) is 5.76 Å². The van der Waals surface area contributed by atoms with Crippen LogP contribution in [0.15, 0.2) is 47.1 Å². The Morgan fingerprint density at radius 3 is 2.53 bits per heavy atom. The molecular weight excluding hydrogens is 434 g/mol. The smallest absolute Gasteiger partial charge is 0.289 e. The van der Waals surface area contributed by atoms with Crippen LogP contribution in [0, 0.1) is 13.8 Å². The van der Waals surface area contributed by atoms with Gasteiger partial charge in [0.25, 0.3) is 5.91 Å². The normalized spacial score (nSPS) is 11.7. The highest BCUT2D eigenvalue weighted by molar-refractivity contribution is 6.34. The fraction of sp³-hybridized carbons (Fsp3) is 0.273. The number of furan rings is 1. The van der Waals surface area contributed by atoms with Gasteiger partial charge in [-0.05, 0) is 57.2 Å². The molecule has 32 heavy (non-hydrogen) atoms. The molecular formula is C22H24ClN5O4. The van der Waals surface area contributed by atoms with E-state index in [4.69, 9.17) is 16.0 Å². The van der Waals surface area contributed by atoms with Crippen LogP contribution in [0.5, 0.6) is 0 Å². The van der Waals surface area contributed by atoms with Crippen molar-refractivity contribution in [1.82, 2.24) is 14.7 Å². The zero-order chi connectivity index (χ0) is 23.4. The van der Waals surface area contributed by atoms with E-state index in [1.807, 2.05) is 19.9 Å². The number of anilines is 2. The molecule has 1 unspecified atom stereocenters. The molecule has 0 saturated heterocycles. The number of carbonyl (C=O) groups excluding carboxylic acids is 3. The van der Waals surface area contributed by atoms with E-state index in [-0.39, 0.29) is 23.2 Å².